The zero-order valence-electron chi connectivity index (χ0n) is 17.7. The fraction of sp³-hybridized carbons (Fsp3) is 0.542. The van der Waals surface area contributed by atoms with Gasteiger partial charge in [-0.05, 0) is 61.6 Å². The van der Waals surface area contributed by atoms with Gasteiger partial charge < -0.3 is 9.80 Å². The first-order valence-corrected chi connectivity index (χ1v) is 12.2. The van der Waals surface area contributed by atoms with Crippen LogP contribution < -0.4 is 0 Å². The van der Waals surface area contributed by atoms with Crippen LogP contribution in [0.5, 0.6) is 0 Å². The normalized spacial score (nSPS) is 22.5. The molecule has 3 heterocycles. The summed E-state index contributed by atoms with van der Waals surface area (Å²) in [6.07, 6.45) is 6.91. The highest BCUT2D eigenvalue weighted by molar-refractivity contribution is 7.09. The van der Waals surface area contributed by atoms with Gasteiger partial charge in [0.1, 0.15) is 11.5 Å². The lowest BCUT2D eigenvalue weighted by Gasteiger charge is -2.33. The first-order valence-electron chi connectivity index (χ1n) is 11.3. The van der Waals surface area contributed by atoms with Gasteiger partial charge in [-0.15, -0.1) is 11.3 Å². The molecule has 1 aromatic heterocycles. The fourth-order valence-corrected chi connectivity index (χ4v) is 5.97. The molecule has 3 aliphatic rings. The largest absolute Gasteiger partial charge is 0.342 e. The first kappa shape index (κ1) is 20.6. The number of hydrogen-bond acceptors (Lipinski definition) is 4. The topological polar surface area (TPSA) is 53.5 Å². The molecule has 2 saturated heterocycles. The molecule has 164 valence electrons. The number of carbonyl (C=O) groups is 2. The highest BCUT2D eigenvalue weighted by Crippen LogP contribution is 2.60. The van der Waals surface area contributed by atoms with E-state index >= 15 is 0 Å². The van der Waals surface area contributed by atoms with Crippen LogP contribution >= 0.6 is 11.3 Å². The summed E-state index contributed by atoms with van der Waals surface area (Å²) in [7, 11) is 0. The molecule has 0 radical (unpaired) electrons. The summed E-state index contributed by atoms with van der Waals surface area (Å²) in [5.41, 5.74) is 1.60. The van der Waals surface area contributed by atoms with E-state index < -0.39 is 0 Å². The molecule has 1 spiro atoms. The third kappa shape index (κ3) is 4.25. The van der Waals surface area contributed by atoms with Crippen LogP contribution in [0.25, 0.3) is 0 Å². The standard InChI is InChI=1S/C24H28FN3O2S/c25-18-6-4-17(5-7-18)14-21-26-20(16-31-21)23(30)28-12-8-24(9-13-28)15-19(24)22(29)27-10-2-1-3-11-27/h4-7,16,19H,1-3,8-15H2. The van der Waals surface area contributed by atoms with Gasteiger partial charge in [-0.3, -0.25) is 9.59 Å². The number of carbonyl (C=O) groups excluding carboxylic acids is 2. The van der Waals surface area contributed by atoms with Gasteiger partial charge in [0.2, 0.25) is 5.91 Å². The lowest BCUT2D eigenvalue weighted by molar-refractivity contribution is -0.134. The Morgan fingerprint density at radius 2 is 1.74 bits per heavy atom. The number of aromatic nitrogens is 1. The Kier molecular flexibility index (Phi) is 5.54. The van der Waals surface area contributed by atoms with E-state index in [0.29, 0.717) is 31.1 Å². The van der Waals surface area contributed by atoms with Crippen molar-refractivity contribution in [1.82, 2.24) is 14.8 Å². The van der Waals surface area contributed by atoms with Gasteiger partial charge in [0, 0.05) is 43.9 Å². The summed E-state index contributed by atoms with van der Waals surface area (Å²) >= 11 is 1.47. The Hall–Kier alpha value is -2.28. The minimum Gasteiger partial charge on any atom is -0.342 e. The number of rotatable bonds is 4. The van der Waals surface area contributed by atoms with E-state index in [1.165, 1.54) is 29.9 Å². The number of amides is 2. The van der Waals surface area contributed by atoms with Crippen LogP contribution in [0, 0.1) is 17.2 Å². The molecule has 0 bridgehead atoms. The second kappa shape index (κ2) is 8.34. The maximum Gasteiger partial charge on any atom is 0.273 e. The average molecular weight is 442 g/mol. The minimum atomic E-state index is -0.253. The minimum absolute atomic E-state index is 0.0176. The molecule has 1 aromatic carbocycles. The van der Waals surface area contributed by atoms with Crippen LogP contribution in [0.4, 0.5) is 4.39 Å². The second-order valence-electron chi connectivity index (χ2n) is 9.23. The summed E-state index contributed by atoms with van der Waals surface area (Å²) in [4.78, 5) is 34.3. The zero-order chi connectivity index (χ0) is 21.4. The summed E-state index contributed by atoms with van der Waals surface area (Å²) in [5.74, 6) is 0.252. The predicted octanol–water partition coefficient (Wildman–Crippen LogP) is 4.13. The zero-order valence-corrected chi connectivity index (χ0v) is 18.5. The summed E-state index contributed by atoms with van der Waals surface area (Å²) in [6.45, 7) is 3.24. The number of piperidine rings is 2. The number of likely N-dealkylation sites (tertiary alicyclic amines) is 2. The molecule has 1 saturated carbocycles. The smallest absolute Gasteiger partial charge is 0.273 e. The van der Waals surface area contributed by atoms with Gasteiger partial charge >= 0.3 is 0 Å². The van der Waals surface area contributed by atoms with Crippen molar-refractivity contribution in [2.24, 2.45) is 11.3 Å². The van der Waals surface area contributed by atoms with E-state index in [-0.39, 0.29) is 23.1 Å². The van der Waals surface area contributed by atoms with E-state index in [9.17, 15) is 14.0 Å². The van der Waals surface area contributed by atoms with Gasteiger partial charge in [0.05, 0.1) is 5.01 Å². The third-order valence-corrected chi connectivity index (χ3v) is 8.09. The van der Waals surface area contributed by atoms with E-state index in [4.69, 9.17) is 0 Å². The Labute approximate surface area is 186 Å². The number of halogens is 1. The van der Waals surface area contributed by atoms with E-state index in [0.717, 1.165) is 55.8 Å². The quantitative estimate of drug-likeness (QED) is 0.717. The maximum atomic E-state index is 13.1. The molecule has 2 amide bonds. The van der Waals surface area contributed by atoms with Gasteiger partial charge in [0.25, 0.3) is 5.91 Å². The van der Waals surface area contributed by atoms with Crippen molar-refractivity contribution in [2.45, 2.75) is 44.9 Å². The van der Waals surface area contributed by atoms with Crippen molar-refractivity contribution in [1.29, 1.82) is 0 Å². The molecule has 2 aliphatic heterocycles. The molecular formula is C24H28FN3O2S. The van der Waals surface area contributed by atoms with E-state index in [1.54, 1.807) is 12.1 Å². The van der Waals surface area contributed by atoms with Crippen LogP contribution in [0.1, 0.15) is 59.6 Å². The Bertz CT molecular complexity index is 959. The van der Waals surface area contributed by atoms with Crippen LogP contribution in [0.15, 0.2) is 29.6 Å². The van der Waals surface area contributed by atoms with Gasteiger partial charge in [-0.25, -0.2) is 9.37 Å². The van der Waals surface area contributed by atoms with Crippen molar-refractivity contribution < 1.29 is 14.0 Å². The van der Waals surface area contributed by atoms with Gasteiger partial charge in [-0.1, -0.05) is 12.1 Å². The van der Waals surface area contributed by atoms with Crippen LogP contribution in [-0.4, -0.2) is 52.8 Å². The number of thiazole rings is 1. The average Bonchev–Trinajstić information content (AvgIpc) is 3.29. The SMILES string of the molecule is O=C(c1csc(Cc2ccc(F)cc2)n1)N1CCC2(CC1)CC2C(=O)N1CCCCC1. The molecule has 5 rings (SSSR count). The number of benzene rings is 1. The molecule has 2 aromatic rings. The lowest BCUT2D eigenvalue weighted by Crippen LogP contribution is -2.42. The third-order valence-electron chi connectivity index (χ3n) is 7.24. The maximum absolute atomic E-state index is 13.1. The molecular weight excluding hydrogens is 413 g/mol. The molecule has 7 heteroatoms. The Balaban J connectivity index is 1.15. The van der Waals surface area contributed by atoms with Gasteiger partial charge in [-0.2, -0.15) is 0 Å². The molecule has 0 N–H and O–H groups in total. The van der Waals surface area contributed by atoms with Crippen LogP contribution in [0.3, 0.4) is 0 Å². The highest BCUT2D eigenvalue weighted by Gasteiger charge is 2.59. The second-order valence-corrected chi connectivity index (χ2v) is 10.2. The predicted molar refractivity (Wildman–Crippen MR) is 117 cm³/mol. The van der Waals surface area contributed by atoms with Gasteiger partial charge in [0.15, 0.2) is 0 Å². The van der Waals surface area contributed by atoms with Crippen LogP contribution in [0.2, 0.25) is 0 Å². The van der Waals surface area contributed by atoms with E-state index in [2.05, 4.69) is 9.88 Å². The summed E-state index contributed by atoms with van der Waals surface area (Å²) in [5, 5.41) is 2.68. The van der Waals surface area contributed by atoms with E-state index in [1.807, 2.05) is 10.3 Å². The van der Waals surface area contributed by atoms with Crippen molar-refractivity contribution in [2.75, 3.05) is 26.2 Å². The van der Waals surface area contributed by atoms with Crippen LogP contribution in [-0.2, 0) is 11.2 Å². The molecule has 1 atom stereocenters. The molecule has 31 heavy (non-hydrogen) atoms. The van der Waals surface area contributed by atoms with Crippen molar-refractivity contribution >= 4 is 23.2 Å². The van der Waals surface area contributed by atoms with Crippen molar-refractivity contribution in [3.63, 3.8) is 0 Å². The summed E-state index contributed by atoms with van der Waals surface area (Å²) in [6, 6.07) is 6.39. The molecule has 5 nitrogen and oxygen atoms in total. The fourth-order valence-electron chi connectivity index (χ4n) is 5.17. The van der Waals surface area contributed by atoms with Crippen molar-refractivity contribution in [3.05, 3.63) is 51.7 Å². The molecule has 1 aliphatic carbocycles. The van der Waals surface area contributed by atoms with Crippen molar-refractivity contribution in [3.8, 4) is 0 Å². The Morgan fingerprint density at radius 3 is 2.45 bits per heavy atom. The Morgan fingerprint density at radius 1 is 1.03 bits per heavy atom. The highest BCUT2D eigenvalue weighted by atomic mass is 32.1. The monoisotopic (exact) mass is 441 g/mol. The molecule has 3 fully saturated rings. The summed E-state index contributed by atoms with van der Waals surface area (Å²) < 4.78 is 13.1. The number of hydrogen-bond donors (Lipinski definition) is 0. The molecule has 1 unspecified atom stereocenters. The number of nitrogens with zero attached hydrogens (tertiary/aromatic N) is 3. The lowest BCUT2D eigenvalue weighted by atomic mass is 9.90. The first-order chi connectivity index (χ1) is 15.0.